The highest BCUT2D eigenvalue weighted by molar-refractivity contribution is 5.95. The Morgan fingerprint density at radius 2 is 1.96 bits per heavy atom. The molecule has 1 aromatic carbocycles. The van der Waals surface area contributed by atoms with E-state index in [0.717, 1.165) is 16.5 Å². The summed E-state index contributed by atoms with van der Waals surface area (Å²) >= 11 is 0. The topological polar surface area (TPSA) is 124 Å². The highest BCUT2D eigenvalue weighted by Gasteiger charge is 2.22. The van der Waals surface area contributed by atoms with E-state index in [-0.39, 0.29) is 18.7 Å². The van der Waals surface area contributed by atoms with Gasteiger partial charge in [-0.1, -0.05) is 18.2 Å². The number of hydrogen-bond acceptors (Lipinski definition) is 4. The average molecular weight is 355 g/mol. The third kappa shape index (κ3) is 3.92. The van der Waals surface area contributed by atoms with E-state index in [1.54, 1.807) is 12.3 Å². The lowest BCUT2D eigenvalue weighted by molar-refractivity contribution is -0.141. The van der Waals surface area contributed by atoms with Crippen LogP contribution in [0.4, 0.5) is 0 Å². The van der Waals surface area contributed by atoms with Gasteiger partial charge in [-0.2, -0.15) is 0 Å². The Balaban J connectivity index is 1.60. The molecule has 0 aliphatic carbocycles. The van der Waals surface area contributed by atoms with Crippen LogP contribution >= 0.6 is 0 Å². The number of rotatable bonds is 7. The molecule has 1 atom stereocenters. The fraction of sp³-hybridized carbons (Fsp3) is 0.167. The van der Waals surface area contributed by atoms with Crippen LogP contribution in [0, 0.1) is 0 Å². The number of carbonyl (C=O) groups is 3. The molecule has 0 radical (unpaired) electrons. The standard InChI is InChI=1S/C18H17N3O5/c22-16(10-20-17(23)15-6-3-7-26-15)21-14(18(24)25)8-11-9-19-13-5-2-1-4-12(11)13/h1-7,9,14,19H,8,10H2,(H,20,23)(H,21,22)(H,24,25). The van der Waals surface area contributed by atoms with Crippen molar-refractivity contribution in [3.63, 3.8) is 0 Å². The van der Waals surface area contributed by atoms with Crippen LogP contribution in [0.2, 0.25) is 0 Å². The number of furan rings is 1. The molecule has 2 heterocycles. The van der Waals surface area contributed by atoms with Crippen molar-refractivity contribution in [2.45, 2.75) is 12.5 Å². The van der Waals surface area contributed by atoms with E-state index < -0.39 is 23.8 Å². The van der Waals surface area contributed by atoms with Crippen molar-refractivity contribution in [1.29, 1.82) is 0 Å². The summed E-state index contributed by atoms with van der Waals surface area (Å²) in [4.78, 5) is 38.3. The molecular formula is C18H17N3O5. The summed E-state index contributed by atoms with van der Waals surface area (Å²) in [6.07, 6.45) is 3.19. The number of fused-ring (bicyclic) bond motifs is 1. The Labute approximate surface area is 148 Å². The van der Waals surface area contributed by atoms with E-state index in [0.29, 0.717) is 0 Å². The van der Waals surface area contributed by atoms with Crippen molar-refractivity contribution >= 4 is 28.7 Å². The van der Waals surface area contributed by atoms with Crippen molar-refractivity contribution in [3.8, 4) is 0 Å². The summed E-state index contributed by atoms with van der Waals surface area (Å²) in [7, 11) is 0. The van der Waals surface area contributed by atoms with Gasteiger partial charge in [-0.15, -0.1) is 0 Å². The van der Waals surface area contributed by atoms with Crippen LogP contribution in [0.5, 0.6) is 0 Å². The van der Waals surface area contributed by atoms with Crippen LogP contribution in [0.25, 0.3) is 10.9 Å². The smallest absolute Gasteiger partial charge is 0.326 e. The van der Waals surface area contributed by atoms with E-state index in [2.05, 4.69) is 15.6 Å². The number of nitrogens with one attached hydrogen (secondary N) is 3. The summed E-state index contributed by atoms with van der Waals surface area (Å²) in [5.41, 5.74) is 1.68. The number of carboxylic acids is 1. The monoisotopic (exact) mass is 355 g/mol. The molecule has 0 aliphatic rings. The van der Waals surface area contributed by atoms with Gasteiger partial charge in [-0.3, -0.25) is 9.59 Å². The second kappa shape index (κ2) is 7.56. The summed E-state index contributed by atoms with van der Waals surface area (Å²) in [6, 6.07) is 9.41. The highest BCUT2D eigenvalue weighted by atomic mass is 16.4. The lowest BCUT2D eigenvalue weighted by atomic mass is 10.1. The van der Waals surface area contributed by atoms with Crippen LogP contribution in [-0.4, -0.2) is 40.5 Å². The Hall–Kier alpha value is -3.55. The molecule has 8 nitrogen and oxygen atoms in total. The van der Waals surface area contributed by atoms with Crippen molar-refractivity contribution < 1.29 is 23.9 Å². The van der Waals surface area contributed by atoms with E-state index in [4.69, 9.17) is 4.42 Å². The molecule has 2 amide bonds. The van der Waals surface area contributed by atoms with E-state index in [1.807, 2.05) is 24.3 Å². The van der Waals surface area contributed by atoms with Gasteiger partial charge in [0.15, 0.2) is 5.76 Å². The predicted octanol–water partition coefficient (Wildman–Crippen LogP) is 1.30. The fourth-order valence-electron chi connectivity index (χ4n) is 2.62. The van der Waals surface area contributed by atoms with E-state index >= 15 is 0 Å². The molecule has 3 rings (SSSR count). The van der Waals surface area contributed by atoms with Crippen molar-refractivity contribution in [2.24, 2.45) is 0 Å². The number of benzene rings is 1. The van der Waals surface area contributed by atoms with Gasteiger partial charge in [-0.25, -0.2) is 4.79 Å². The quantitative estimate of drug-likeness (QED) is 0.508. The summed E-state index contributed by atoms with van der Waals surface area (Å²) < 4.78 is 4.92. The first kappa shape index (κ1) is 17.3. The van der Waals surface area contributed by atoms with Crippen LogP contribution in [0.1, 0.15) is 16.1 Å². The zero-order chi connectivity index (χ0) is 18.5. The molecular weight excluding hydrogens is 338 g/mol. The molecule has 0 spiro atoms. The minimum Gasteiger partial charge on any atom is -0.480 e. The highest BCUT2D eigenvalue weighted by Crippen LogP contribution is 2.19. The molecule has 0 saturated heterocycles. The first-order valence-corrected chi connectivity index (χ1v) is 7.93. The maximum absolute atomic E-state index is 12.0. The number of aliphatic carboxylic acids is 1. The third-order valence-corrected chi connectivity index (χ3v) is 3.89. The number of hydrogen-bond donors (Lipinski definition) is 4. The first-order valence-electron chi connectivity index (χ1n) is 7.93. The van der Waals surface area contributed by atoms with Gasteiger partial charge in [0, 0.05) is 23.5 Å². The van der Waals surface area contributed by atoms with Crippen LogP contribution in [0.3, 0.4) is 0 Å². The molecule has 3 aromatic rings. The molecule has 0 fully saturated rings. The lowest BCUT2D eigenvalue weighted by Crippen LogP contribution is -2.46. The predicted molar refractivity (Wildman–Crippen MR) is 92.6 cm³/mol. The molecule has 0 saturated carbocycles. The van der Waals surface area contributed by atoms with E-state index in [1.165, 1.54) is 12.3 Å². The summed E-state index contributed by atoms with van der Waals surface area (Å²) in [6.45, 7) is -0.350. The molecule has 4 N–H and O–H groups in total. The summed E-state index contributed by atoms with van der Waals surface area (Å²) in [5.74, 6) is -2.22. The number of amides is 2. The number of carboxylic acid groups (broad SMARTS) is 1. The average Bonchev–Trinajstić information content (AvgIpc) is 3.29. The molecule has 8 heteroatoms. The van der Waals surface area contributed by atoms with Gasteiger partial charge in [-0.05, 0) is 23.8 Å². The van der Waals surface area contributed by atoms with Gasteiger partial charge in [0.1, 0.15) is 6.04 Å². The maximum Gasteiger partial charge on any atom is 0.326 e. The normalized spacial score (nSPS) is 11.8. The first-order chi connectivity index (χ1) is 12.5. The fourth-order valence-corrected chi connectivity index (χ4v) is 2.62. The zero-order valence-corrected chi connectivity index (χ0v) is 13.7. The molecule has 2 aromatic heterocycles. The summed E-state index contributed by atoms with van der Waals surface area (Å²) in [5, 5.41) is 15.1. The Morgan fingerprint density at radius 3 is 2.69 bits per heavy atom. The van der Waals surface area contributed by atoms with Crippen molar-refractivity contribution in [1.82, 2.24) is 15.6 Å². The molecule has 0 aliphatic heterocycles. The van der Waals surface area contributed by atoms with Gasteiger partial charge >= 0.3 is 5.97 Å². The van der Waals surface area contributed by atoms with Crippen LogP contribution in [-0.2, 0) is 16.0 Å². The largest absolute Gasteiger partial charge is 0.480 e. The molecule has 134 valence electrons. The van der Waals surface area contributed by atoms with Gasteiger partial charge in [0.25, 0.3) is 5.91 Å². The minimum atomic E-state index is -1.15. The minimum absolute atomic E-state index is 0.0753. The number of aromatic amines is 1. The SMILES string of the molecule is O=C(CNC(=O)c1ccco1)NC(Cc1c[nH]c2ccccc12)C(=O)O. The lowest BCUT2D eigenvalue weighted by Gasteiger charge is -2.14. The van der Waals surface area contributed by atoms with Crippen molar-refractivity contribution in [2.75, 3.05) is 6.54 Å². The van der Waals surface area contributed by atoms with Crippen LogP contribution < -0.4 is 10.6 Å². The van der Waals surface area contributed by atoms with Gasteiger partial charge in [0.2, 0.25) is 5.91 Å². The molecule has 1 unspecified atom stereocenters. The molecule has 26 heavy (non-hydrogen) atoms. The van der Waals surface area contributed by atoms with Crippen LogP contribution in [0.15, 0.2) is 53.3 Å². The van der Waals surface area contributed by atoms with Gasteiger partial charge in [0.05, 0.1) is 12.8 Å². The van der Waals surface area contributed by atoms with E-state index in [9.17, 15) is 19.5 Å². The Kier molecular flexibility index (Phi) is 5.02. The van der Waals surface area contributed by atoms with Gasteiger partial charge < -0.3 is 25.1 Å². The second-order valence-corrected chi connectivity index (χ2v) is 5.68. The Bertz CT molecular complexity index is 929. The molecule has 0 bridgehead atoms. The number of para-hydroxylation sites is 1. The second-order valence-electron chi connectivity index (χ2n) is 5.68. The number of H-pyrrole nitrogens is 1. The number of carbonyl (C=O) groups excluding carboxylic acids is 2. The Morgan fingerprint density at radius 1 is 1.15 bits per heavy atom. The third-order valence-electron chi connectivity index (χ3n) is 3.89. The maximum atomic E-state index is 12.0. The van der Waals surface area contributed by atoms with Crippen molar-refractivity contribution in [3.05, 3.63) is 60.2 Å². The zero-order valence-electron chi connectivity index (χ0n) is 13.7. The number of aromatic nitrogens is 1.